The van der Waals surface area contributed by atoms with Gasteiger partial charge in [-0.25, -0.2) is 9.59 Å². The smallest absolute Gasteiger partial charge is 0.475 e. The summed E-state index contributed by atoms with van der Waals surface area (Å²) in [4.78, 5) is 43.8. The first-order valence-electron chi connectivity index (χ1n) is 15.0. The van der Waals surface area contributed by atoms with E-state index in [1.165, 1.54) is 0 Å². The van der Waals surface area contributed by atoms with E-state index in [-0.39, 0.29) is 29.9 Å². The first kappa shape index (κ1) is 35.1. The van der Waals surface area contributed by atoms with Crippen molar-refractivity contribution in [3.63, 3.8) is 0 Å². The second-order valence-electron chi connectivity index (χ2n) is 11.9. The van der Waals surface area contributed by atoms with Crippen LogP contribution < -0.4 is 15.5 Å². The highest BCUT2D eigenvalue weighted by atomic mass is 35.5. The number of rotatable bonds is 8. The number of carboxylic acids is 1. The topological polar surface area (TPSA) is 127 Å². The number of hydrogen-bond acceptors (Lipinski definition) is 5. The number of aliphatic carboxylic acids is 1. The molecule has 1 fully saturated rings. The van der Waals surface area contributed by atoms with Gasteiger partial charge in [0.05, 0.1) is 6.10 Å². The molecule has 3 amide bonds. The molecule has 10 nitrogen and oxygen atoms in total. The lowest BCUT2D eigenvalue weighted by molar-refractivity contribution is -0.192. The van der Waals surface area contributed by atoms with Gasteiger partial charge in [-0.1, -0.05) is 36.7 Å². The summed E-state index contributed by atoms with van der Waals surface area (Å²) in [7, 11) is 4.09. The van der Waals surface area contributed by atoms with Crippen molar-refractivity contribution in [1.82, 2.24) is 20.5 Å². The predicted molar refractivity (Wildman–Crippen MR) is 169 cm³/mol. The second kappa shape index (κ2) is 15.2. The van der Waals surface area contributed by atoms with Crippen LogP contribution in [0.15, 0.2) is 48.7 Å². The highest BCUT2D eigenvalue weighted by molar-refractivity contribution is 6.30. The number of carboxylic acid groups (broad SMARTS) is 1. The number of nitrogens with zero attached hydrogens (tertiary/aromatic N) is 2. The Morgan fingerprint density at radius 1 is 1.20 bits per heavy atom. The zero-order valence-corrected chi connectivity index (χ0v) is 26.6. The third-order valence-corrected chi connectivity index (χ3v) is 8.33. The number of alkyl halides is 3. The molecule has 4 atom stereocenters. The van der Waals surface area contributed by atoms with Crippen molar-refractivity contribution < 1.29 is 37.4 Å². The fraction of sp³-hybridized carbons (Fsp3) is 0.469. The van der Waals surface area contributed by atoms with Gasteiger partial charge in [0.1, 0.15) is 6.04 Å². The van der Waals surface area contributed by atoms with Crippen LogP contribution in [0.5, 0.6) is 0 Å². The number of aromatic nitrogens is 1. The molecule has 3 aromatic rings. The van der Waals surface area contributed by atoms with Gasteiger partial charge in [0.15, 0.2) is 0 Å². The number of halogens is 4. The normalized spacial score (nSPS) is 19.2. The molecular weight excluding hydrogens is 627 g/mol. The van der Waals surface area contributed by atoms with E-state index in [2.05, 4.69) is 20.5 Å². The van der Waals surface area contributed by atoms with E-state index in [4.69, 9.17) is 26.2 Å². The van der Waals surface area contributed by atoms with Gasteiger partial charge in [-0.2, -0.15) is 13.2 Å². The molecule has 0 aliphatic carbocycles. The van der Waals surface area contributed by atoms with Gasteiger partial charge >= 0.3 is 18.2 Å². The maximum absolute atomic E-state index is 14.4. The highest BCUT2D eigenvalue weighted by Gasteiger charge is 2.39. The molecule has 2 aliphatic heterocycles. The Morgan fingerprint density at radius 2 is 1.91 bits per heavy atom. The molecule has 5 rings (SSSR count). The first-order valence-corrected chi connectivity index (χ1v) is 15.4. The number of urea groups is 1. The summed E-state index contributed by atoms with van der Waals surface area (Å²) in [6, 6.07) is 12.6. The molecule has 1 aromatic heterocycles. The Balaban J connectivity index is 0.000000617. The molecule has 250 valence electrons. The Morgan fingerprint density at radius 3 is 2.57 bits per heavy atom. The van der Waals surface area contributed by atoms with Crippen molar-refractivity contribution in [2.75, 3.05) is 45.2 Å². The molecule has 0 bridgehead atoms. The number of carbonyl (C=O) groups is 3. The van der Waals surface area contributed by atoms with Crippen LogP contribution in [-0.4, -0.2) is 91.6 Å². The van der Waals surface area contributed by atoms with Crippen molar-refractivity contribution in [3.8, 4) is 0 Å². The van der Waals surface area contributed by atoms with Crippen molar-refractivity contribution >= 4 is 46.1 Å². The molecule has 0 spiro atoms. The van der Waals surface area contributed by atoms with Crippen molar-refractivity contribution in [3.05, 3.63) is 64.8 Å². The van der Waals surface area contributed by atoms with E-state index >= 15 is 0 Å². The number of amides is 3. The monoisotopic (exact) mass is 665 g/mol. The van der Waals surface area contributed by atoms with Crippen molar-refractivity contribution in [1.29, 1.82) is 0 Å². The molecule has 0 radical (unpaired) electrons. The maximum Gasteiger partial charge on any atom is 0.490 e. The van der Waals surface area contributed by atoms with E-state index in [9.17, 15) is 22.8 Å². The molecule has 2 aliphatic rings. The number of anilines is 1. The lowest BCUT2D eigenvalue weighted by Gasteiger charge is -2.38. The van der Waals surface area contributed by atoms with Gasteiger partial charge in [-0.15, -0.1) is 0 Å². The fourth-order valence-corrected chi connectivity index (χ4v) is 6.18. The number of fused-ring (bicyclic) bond motifs is 2. The number of ether oxygens (including phenoxy) is 1. The van der Waals surface area contributed by atoms with Crippen molar-refractivity contribution in [2.45, 2.75) is 50.4 Å². The third kappa shape index (κ3) is 8.92. The number of para-hydroxylation sites is 1. The summed E-state index contributed by atoms with van der Waals surface area (Å²) in [5.41, 5.74) is 3.89. The summed E-state index contributed by atoms with van der Waals surface area (Å²) in [6.07, 6.45) is -0.356. The standard InChI is InChI=1S/C30H38ClN5O3.C2HF3O2/c1-19(25-16-32-26-9-5-4-8-24(25)26)28(34-30(38)33-15-23-7-6-12-39-23)29(37)36-18-20(17-35(2)3)13-21-14-22(31)10-11-27(21)36;3-2(4,5)1(6)7/h4-5,8-11,14,16,19-20,23,28,32H,6-7,12-13,15,17-18H2,1-3H3,(H2,33,34,38);(H,6,7)/t19?,20-,23?,28?;/m1./s1. The highest BCUT2D eigenvalue weighted by Crippen LogP contribution is 2.35. The van der Waals surface area contributed by atoms with Crippen LogP contribution in [0.4, 0.5) is 23.7 Å². The van der Waals surface area contributed by atoms with Gasteiger partial charge in [0, 0.05) is 60.0 Å². The van der Waals surface area contributed by atoms with Crippen LogP contribution in [0, 0.1) is 5.92 Å². The number of H-pyrrole nitrogens is 1. The van der Waals surface area contributed by atoms with Crippen LogP contribution in [0.25, 0.3) is 10.9 Å². The van der Waals surface area contributed by atoms with E-state index in [0.717, 1.165) is 60.1 Å². The number of hydrogen-bond donors (Lipinski definition) is 4. The fourth-order valence-electron chi connectivity index (χ4n) is 5.98. The minimum absolute atomic E-state index is 0.0152. The van der Waals surface area contributed by atoms with Gasteiger partial charge in [-0.05, 0) is 74.7 Å². The van der Waals surface area contributed by atoms with Crippen LogP contribution in [0.1, 0.15) is 36.8 Å². The van der Waals surface area contributed by atoms with Crippen LogP contribution in [0.2, 0.25) is 5.02 Å². The zero-order valence-electron chi connectivity index (χ0n) is 25.9. The number of nitrogens with one attached hydrogen (secondary N) is 3. The summed E-state index contributed by atoms with van der Waals surface area (Å²) in [6.45, 7) is 4.56. The lowest BCUT2D eigenvalue weighted by atomic mass is 9.88. The van der Waals surface area contributed by atoms with Crippen LogP contribution >= 0.6 is 11.6 Å². The number of aromatic amines is 1. The van der Waals surface area contributed by atoms with E-state index in [0.29, 0.717) is 18.1 Å². The Labute approximate surface area is 270 Å². The molecule has 14 heteroatoms. The molecule has 3 unspecified atom stereocenters. The molecule has 0 saturated carbocycles. The van der Waals surface area contributed by atoms with Crippen LogP contribution in [-0.2, 0) is 20.7 Å². The van der Waals surface area contributed by atoms with Gasteiger partial charge in [0.25, 0.3) is 0 Å². The number of carbonyl (C=O) groups excluding carboxylic acids is 2. The Kier molecular flexibility index (Phi) is 11.6. The average Bonchev–Trinajstić information content (AvgIpc) is 3.67. The van der Waals surface area contributed by atoms with E-state index in [1.54, 1.807) is 0 Å². The lowest BCUT2D eigenvalue weighted by Crippen LogP contribution is -2.56. The minimum Gasteiger partial charge on any atom is -0.475 e. The first-order chi connectivity index (χ1) is 21.7. The van der Waals surface area contributed by atoms with Crippen molar-refractivity contribution in [2.24, 2.45) is 5.92 Å². The molecular formula is C32H39ClF3N5O5. The van der Waals surface area contributed by atoms with E-state index in [1.807, 2.05) is 74.6 Å². The molecule has 1 saturated heterocycles. The molecule has 4 N–H and O–H groups in total. The van der Waals surface area contributed by atoms with Gasteiger partial charge in [-0.3, -0.25) is 4.79 Å². The largest absolute Gasteiger partial charge is 0.490 e. The number of benzene rings is 2. The SMILES string of the molecule is CC(c1c[nH]c2ccccc12)C(NC(=O)NCC1CCCO1)C(=O)N1C[C@@H](CN(C)C)Cc2cc(Cl)ccc21.O=C(O)C(F)(F)F. The average molecular weight is 666 g/mol. The minimum atomic E-state index is -5.08. The van der Waals surface area contributed by atoms with Gasteiger partial charge < -0.3 is 35.3 Å². The molecule has 46 heavy (non-hydrogen) atoms. The maximum atomic E-state index is 14.4. The summed E-state index contributed by atoms with van der Waals surface area (Å²) in [5.74, 6) is -2.93. The molecule has 3 heterocycles. The summed E-state index contributed by atoms with van der Waals surface area (Å²) >= 11 is 6.36. The summed E-state index contributed by atoms with van der Waals surface area (Å²) in [5, 5.41) is 14.8. The summed E-state index contributed by atoms with van der Waals surface area (Å²) < 4.78 is 37.4. The quantitative estimate of drug-likeness (QED) is 0.263. The Hall–Kier alpha value is -3.81. The molecule has 2 aromatic carbocycles. The zero-order chi connectivity index (χ0) is 33.6. The second-order valence-corrected chi connectivity index (χ2v) is 12.3. The third-order valence-electron chi connectivity index (χ3n) is 8.09. The van der Waals surface area contributed by atoms with Gasteiger partial charge in [0.2, 0.25) is 5.91 Å². The van der Waals surface area contributed by atoms with Crippen LogP contribution in [0.3, 0.4) is 0 Å². The Bertz CT molecular complexity index is 1530. The predicted octanol–water partition coefficient (Wildman–Crippen LogP) is 5.17. The van der Waals surface area contributed by atoms with E-state index < -0.39 is 18.2 Å².